The van der Waals surface area contributed by atoms with Crippen molar-refractivity contribution in [3.63, 3.8) is 0 Å². The zero-order valence-electron chi connectivity index (χ0n) is 19.2. The molecule has 1 aliphatic rings. The second-order valence-electron chi connectivity index (χ2n) is 8.56. The van der Waals surface area contributed by atoms with Crippen LogP contribution in [0.3, 0.4) is 0 Å². The van der Waals surface area contributed by atoms with Gasteiger partial charge in [0.05, 0.1) is 5.69 Å². The van der Waals surface area contributed by atoms with Crippen LogP contribution in [0.25, 0.3) is 16.8 Å². The molecule has 4 amide bonds. The number of carbonyl (C=O) groups is 3. The molecule has 0 unspecified atom stereocenters. The number of hydrogen-bond acceptors (Lipinski definition) is 3. The number of nitrogens with zero attached hydrogens (tertiary/aromatic N) is 1. The molecule has 0 aromatic heterocycles. The molecule has 0 saturated carbocycles. The number of aryl methyl sites for hydroxylation is 1. The normalized spacial score (nSPS) is 15.0. The highest BCUT2D eigenvalue weighted by Gasteiger charge is 2.37. The topological polar surface area (TPSA) is 66.5 Å². The van der Waals surface area contributed by atoms with Crippen molar-refractivity contribution in [3.05, 3.63) is 118 Å². The van der Waals surface area contributed by atoms with E-state index in [1.807, 2.05) is 42.5 Å². The van der Waals surface area contributed by atoms with Gasteiger partial charge < -0.3 is 0 Å². The van der Waals surface area contributed by atoms with Crippen molar-refractivity contribution < 1.29 is 18.8 Å². The molecule has 178 valence electrons. The standard InChI is InChI=1S/C29H20ClFN2O3/c1-17-9-12-22(15-26(17)30)33-28(35)25(27(34)32-29(33)36)16-24-20(13-18-5-4-7-21(31)14-18)11-10-19-6-2-3-8-23(19)24/h2-12,14-16H,13H2,1H3,(H,32,34,36)/b25-16+. The van der Waals surface area contributed by atoms with E-state index in [-0.39, 0.29) is 17.1 Å². The third-order valence-electron chi connectivity index (χ3n) is 6.15. The summed E-state index contributed by atoms with van der Waals surface area (Å²) in [5.74, 6) is -1.89. The number of carbonyl (C=O) groups excluding carboxylic acids is 3. The average Bonchev–Trinajstić information content (AvgIpc) is 2.84. The summed E-state index contributed by atoms with van der Waals surface area (Å²) in [6.45, 7) is 1.81. The number of fused-ring (bicyclic) bond motifs is 1. The zero-order chi connectivity index (χ0) is 25.4. The highest BCUT2D eigenvalue weighted by Crippen LogP contribution is 2.30. The van der Waals surface area contributed by atoms with Gasteiger partial charge in [0, 0.05) is 5.02 Å². The van der Waals surface area contributed by atoms with Gasteiger partial charge in [-0.1, -0.05) is 66.2 Å². The Morgan fingerprint density at radius 1 is 0.944 bits per heavy atom. The van der Waals surface area contributed by atoms with Crippen molar-refractivity contribution in [2.75, 3.05) is 4.90 Å². The number of hydrogen-bond donors (Lipinski definition) is 1. The van der Waals surface area contributed by atoms with Crippen LogP contribution < -0.4 is 10.2 Å². The van der Waals surface area contributed by atoms with E-state index in [0.29, 0.717) is 17.0 Å². The minimum Gasteiger partial charge on any atom is -0.273 e. The molecule has 0 atom stereocenters. The van der Waals surface area contributed by atoms with Gasteiger partial charge in [-0.15, -0.1) is 0 Å². The summed E-state index contributed by atoms with van der Waals surface area (Å²) in [6, 6.07) is 21.6. The first-order chi connectivity index (χ1) is 17.3. The SMILES string of the molecule is Cc1ccc(N2C(=O)NC(=O)/C(=C\c3c(Cc4cccc(F)c4)ccc4ccccc34)C2=O)cc1Cl. The number of benzene rings is 4. The van der Waals surface area contributed by atoms with Crippen LogP contribution in [0.4, 0.5) is 14.9 Å². The number of rotatable bonds is 4. The Kier molecular flexibility index (Phi) is 6.12. The van der Waals surface area contributed by atoms with Crippen LogP contribution in [0.1, 0.15) is 22.3 Å². The lowest BCUT2D eigenvalue weighted by Crippen LogP contribution is -2.54. The van der Waals surface area contributed by atoms with Gasteiger partial charge in [0.2, 0.25) is 0 Å². The van der Waals surface area contributed by atoms with E-state index in [1.165, 1.54) is 24.3 Å². The van der Waals surface area contributed by atoms with Crippen LogP contribution >= 0.6 is 11.6 Å². The van der Waals surface area contributed by atoms with Crippen molar-refractivity contribution in [2.24, 2.45) is 0 Å². The van der Waals surface area contributed by atoms with Gasteiger partial charge in [0.1, 0.15) is 11.4 Å². The van der Waals surface area contributed by atoms with Crippen LogP contribution in [0.5, 0.6) is 0 Å². The summed E-state index contributed by atoms with van der Waals surface area (Å²) >= 11 is 6.22. The minimum atomic E-state index is -0.847. The monoisotopic (exact) mass is 498 g/mol. The molecule has 0 bridgehead atoms. The highest BCUT2D eigenvalue weighted by atomic mass is 35.5. The Labute approximate surface area is 211 Å². The van der Waals surface area contributed by atoms with Gasteiger partial charge in [-0.05, 0) is 76.7 Å². The summed E-state index contributed by atoms with van der Waals surface area (Å²) < 4.78 is 13.8. The molecule has 1 N–H and O–H groups in total. The van der Waals surface area contributed by atoms with Crippen LogP contribution in [-0.2, 0) is 16.0 Å². The molecule has 1 fully saturated rings. The summed E-state index contributed by atoms with van der Waals surface area (Å²) in [4.78, 5) is 39.9. The molecule has 5 rings (SSSR count). The Balaban J connectivity index is 1.64. The Bertz CT molecular complexity index is 1600. The largest absolute Gasteiger partial charge is 0.335 e. The first-order valence-electron chi connectivity index (χ1n) is 11.2. The van der Waals surface area contributed by atoms with Crippen molar-refractivity contribution >= 4 is 52.0 Å². The van der Waals surface area contributed by atoms with E-state index >= 15 is 0 Å². The maximum absolute atomic E-state index is 13.8. The molecular weight excluding hydrogens is 479 g/mol. The second-order valence-corrected chi connectivity index (χ2v) is 8.96. The average molecular weight is 499 g/mol. The third kappa shape index (κ3) is 4.39. The Morgan fingerprint density at radius 3 is 2.53 bits per heavy atom. The smallest absolute Gasteiger partial charge is 0.273 e. The van der Waals surface area contributed by atoms with Crippen molar-refractivity contribution in [1.82, 2.24) is 5.32 Å². The zero-order valence-corrected chi connectivity index (χ0v) is 20.0. The van der Waals surface area contributed by atoms with E-state index in [2.05, 4.69) is 5.32 Å². The lowest BCUT2D eigenvalue weighted by molar-refractivity contribution is -0.122. The molecule has 0 aliphatic carbocycles. The number of amides is 4. The third-order valence-corrected chi connectivity index (χ3v) is 6.56. The van der Waals surface area contributed by atoms with Gasteiger partial charge in [-0.25, -0.2) is 14.1 Å². The second kappa shape index (κ2) is 9.40. The molecule has 0 spiro atoms. The van der Waals surface area contributed by atoms with Gasteiger partial charge >= 0.3 is 6.03 Å². The van der Waals surface area contributed by atoms with E-state index in [4.69, 9.17) is 11.6 Å². The summed E-state index contributed by atoms with van der Waals surface area (Å²) in [6.07, 6.45) is 1.89. The minimum absolute atomic E-state index is 0.192. The number of anilines is 1. The van der Waals surface area contributed by atoms with E-state index in [9.17, 15) is 18.8 Å². The summed E-state index contributed by atoms with van der Waals surface area (Å²) in [5.41, 5.74) is 3.04. The highest BCUT2D eigenvalue weighted by molar-refractivity contribution is 6.39. The molecule has 1 saturated heterocycles. The molecule has 4 aromatic rings. The maximum atomic E-state index is 13.8. The molecule has 1 aliphatic heterocycles. The molecule has 4 aromatic carbocycles. The van der Waals surface area contributed by atoms with Crippen LogP contribution in [-0.4, -0.2) is 17.8 Å². The number of barbiturate groups is 1. The van der Waals surface area contributed by atoms with Crippen LogP contribution in [0, 0.1) is 12.7 Å². The van der Waals surface area contributed by atoms with Crippen LogP contribution in [0.2, 0.25) is 5.02 Å². The summed E-state index contributed by atoms with van der Waals surface area (Å²) in [7, 11) is 0. The fourth-order valence-electron chi connectivity index (χ4n) is 4.29. The first kappa shape index (κ1) is 23.5. The van der Waals surface area contributed by atoms with Gasteiger partial charge in [-0.3, -0.25) is 14.9 Å². The molecule has 5 nitrogen and oxygen atoms in total. The number of nitrogens with one attached hydrogen (secondary N) is 1. The summed E-state index contributed by atoms with van der Waals surface area (Å²) in [5, 5.41) is 4.38. The van der Waals surface area contributed by atoms with E-state index < -0.39 is 17.8 Å². The van der Waals surface area contributed by atoms with E-state index in [0.717, 1.165) is 32.4 Å². The predicted octanol–water partition coefficient (Wildman–Crippen LogP) is 6.20. The van der Waals surface area contributed by atoms with Crippen LogP contribution in [0.15, 0.2) is 84.4 Å². The van der Waals surface area contributed by atoms with Crippen molar-refractivity contribution in [3.8, 4) is 0 Å². The molecule has 36 heavy (non-hydrogen) atoms. The van der Waals surface area contributed by atoms with Crippen molar-refractivity contribution in [1.29, 1.82) is 0 Å². The van der Waals surface area contributed by atoms with Gasteiger partial charge in [0.15, 0.2) is 0 Å². The lowest BCUT2D eigenvalue weighted by Gasteiger charge is -2.27. The fraction of sp³-hybridized carbons (Fsp3) is 0.0690. The predicted molar refractivity (Wildman–Crippen MR) is 138 cm³/mol. The van der Waals surface area contributed by atoms with E-state index in [1.54, 1.807) is 25.1 Å². The lowest BCUT2D eigenvalue weighted by atomic mass is 9.92. The molecular formula is C29H20ClFN2O3. The first-order valence-corrected chi connectivity index (χ1v) is 11.6. The van der Waals surface area contributed by atoms with Gasteiger partial charge in [0.25, 0.3) is 11.8 Å². The number of imide groups is 2. The Morgan fingerprint density at radius 2 is 1.75 bits per heavy atom. The number of halogens is 2. The van der Waals surface area contributed by atoms with Gasteiger partial charge in [-0.2, -0.15) is 0 Å². The maximum Gasteiger partial charge on any atom is 0.335 e. The fourth-order valence-corrected chi connectivity index (χ4v) is 4.46. The number of urea groups is 1. The molecule has 7 heteroatoms. The van der Waals surface area contributed by atoms with Crippen molar-refractivity contribution in [2.45, 2.75) is 13.3 Å². The molecule has 1 heterocycles. The molecule has 0 radical (unpaired) electrons. The quantitative estimate of drug-likeness (QED) is 0.269. The Hall–Kier alpha value is -4.29.